The molecule has 136 valence electrons. The summed E-state index contributed by atoms with van der Waals surface area (Å²) in [4.78, 5) is 26.0. The van der Waals surface area contributed by atoms with Crippen molar-refractivity contribution in [2.24, 2.45) is 5.41 Å². The Labute approximate surface area is 158 Å². The number of nitrogens with zero attached hydrogens (tertiary/aromatic N) is 1. The van der Waals surface area contributed by atoms with Crippen molar-refractivity contribution >= 4 is 29.2 Å². The minimum atomic E-state index is -0.986. The molecule has 0 aliphatic carbocycles. The molecular weight excluding hydrogens is 350 g/mol. The lowest BCUT2D eigenvalue weighted by atomic mass is 9.83. The first kappa shape index (κ1) is 18.5. The zero-order chi connectivity index (χ0) is 19.1. The van der Waals surface area contributed by atoms with Crippen LogP contribution in [0.1, 0.15) is 32.8 Å². The van der Waals surface area contributed by atoms with E-state index in [4.69, 9.17) is 11.6 Å². The van der Waals surface area contributed by atoms with Crippen LogP contribution in [0, 0.1) is 5.41 Å². The van der Waals surface area contributed by atoms with Gasteiger partial charge in [-0.2, -0.15) is 0 Å². The molecule has 1 heterocycles. The fraction of sp³-hybridized carbons (Fsp3) is 0.333. The van der Waals surface area contributed by atoms with Crippen LogP contribution in [0.2, 0.25) is 5.02 Å². The zero-order valence-corrected chi connectivity index (χ0v) is 15.9. The van der Waals surface area contributed by atoms with E-state index in [1.807, 2.05) is 63.2 Å². The van der Waals surface area contributed by atoms with Gasteiger partial charge in [-0.3, -0.25) is 9.69 Å². The first-order chi connectivity index (χ1) is 12.2. The molecule has 1 aliphatic heterocycles. The first-order valence-electron chi connectivity index (χ1n) is 8.62. The average molecular weight is 372 g/mol. The topological polar surface area (TPSA) is 57.6 Å². The number of carboxylic acid groups (broad SMARTS) is 1. The molecule has 0 bridgehead atoms. The van der Waals surface area contributed by atoms with Crippen LogP contribution in [-0.4, -0.2) is 23.0 Å². The zero-order valence-electron chi connectivity index (χ0n) is 15.1. The largest absolute Gasteiger partial charge is 0.480 e. The Kier molecular flexibility index (Phi) is 4.80. The maximum atomic E-state index is 12.6. The van der Waals surface area contributed by atoms with Crippen LogP contribution in [-0.2, 0) is 16.0 Å². The highest BCUT2D eigenvalue weighted by atomic mass is 35.5. The second-order valence-corrected chi connectivity index (χ2v) is 8.16. The molecule has 3 rings (SSSR count). The SMILES string of the molecule is CC(C)(C)C(C(=O)O)N1C(=O)CCc2cc(-c3ccc(Cl)cc3)ccc21. The monoisotopic (exact) mass is 371 g/mol. The lowest BCUT2D eigenvalue weighted by molar-refractivity contribution is -0.143. The van der Waals surface area contributed by atoms with E-state index in [2.05, 4.69) is 0 Å². The summed E-state index contributed by atoms with van der Waals surface area (Å²) in [7, 11) is 0. The number of carbonyl (C=O) groups excluding carboxylic acids is 1. The molecule has 1 aliphatic rings. The third-order valence-electron chi connectivity index (χ3n) is 4.71. The highest BCUT2D eigenvalue weighted by Gasteiger charge is 2.41. The maximum Gasteiger partial charge on any atom is 0.327 e. The van der Waals surface area contributed by atoms with Crippen LogP contribution in [0.5, 0.6) is 0 Å². The smallest absolute Gasteiger partial charge is 0.327 e. The number of halogens is 1. The van der Waals surface area contributed by atoms with E-state index in [1.165, 1.54) is 4.90 Å². The molecule has 5 heteroatoms. The Morgan fingerprint density at radius 3 is 2.27 bits per heavy atom. The third kappa shape index (κ3) is 3.47. The van der Waals surface area contributed by atoms with Crippen LogP contribution in [0.25, 0.3) is 11.1 Å². The Hall–Kier alpha value is -2.33. The molecule has 0 fully saturated rings. The van der Waals surface area contributed by atoms with Gasteiger partial charge in [-0.1, -0.05) is 50.6 Å². The number of carbonyl (C=O) groups is 2. The third-order valence-corrected chi connectivity index (χ3v) is 4.96. The lowest BCUT2D eigenvalue weighted by Crippen LogP contribution is -2.53. The number of hydrogen-bond donors (Lipinski definition) is 1. The minimum Gasteiger partial charge on any atom is -0.480 e. The molecule has 2 aromatic rings. The van der Waals surface area contributed by atoms with Crippen LogP contribution in [0.4, 0.5) is 5.69 Å². The Morgan fingerprint density at radius 2 is 1.69 bits per heavy atom. The van der Waals surface area contributed by atoms with Crippen LogP contribution in [0.3, 0.4) is 0 Å². The minimum absolute atomic E-state index is 0.140. The molecule has 1 atom stereocenters. The predicted molar refractivity (Wildman–Crippen MR) is 104 cm³/mol. The summed E-state index contributed by atoms with van der Waals surface area (Å²) in [6, 6.07) is 12.5. The van der Waals surface area contributed by atoms with Crippen molar-refractivity contribution < 1.29 is 14.7 Å². The van der Waals surface area contributed by atoms with Crippen LogP contribution < -0.4 is 4.90 Å². The molecule has 0 spiro atoms. The summed E-state index contributed by atoms with van der Waals surface area (Å²) in [5, 5.41) is 10.4. The number of anilines is 1. The quantitative estimate of drug-likeness (QED) is 0.844. The number of rotatable bonds is 3. The number of carboxylic acids is 1. The second-order valence-electron chi connectivity index (χ2n) is 7.72. The van der Waals surface area contributed by atoms with Crippen molar-refractivity contribution in [3.8, 4) is 11.1 Å². The van der Waals surface area contributed by atoms with E-state index in [1.54, 1.807) is 0 Å². The molecule has 1 unspecified atom stereocenters. The highest BCUT2D eigenvalue weighted by Crippen LogP contribution is 2.37. The predicted octanol–water partition coefficient (Wildman–Crippen LogP) is 4.79. The van der Waals surface area contributed by atoms with Crippen molar-refractivity contribution in [1.82, 2.24) is 0 Å². The summed E-state index contributed by atoms with van der Waals surface area (Å²) in [6.45, 7) is 5.53. The van der Waals surface area contributed by atoms with Gasteiger partial charge >= 0.3 is 5.97 Å². The average Bonchev–Trinajstić information content (AvgIpc) is 2.56. The molecule has 1 amide bonds. The van der Waals surface area contributed by atoms with Crippen LogP contribution >= 0.6 is 11.6 Å². The second kappa shape index (κ2) is 6.76. The molecule has 26 heavy (non-hydrogen) atoms. The maximum absolute atomic E-state index is 12.6. The van der Waals surface area contributed by atoms with Gasteiger partial charge in [-0.05, 0) is 52.8 Å². The normalized spacial score (nSPS) is 15.5. The van der Waals surface area contributed by atoms with E-state index in [-0.39, 0.29) is 5.91 Å². The van der Waals surface area contributed by atoms with Crippen molar-refractivity contribution in [3.63, 3.8) is 0 Å². The van der Waals surface area contributed by atoms with Gasteiger partial charge in [0.05, 0.1) is 0 Å². The molecule has 2 aromatic carbocycles. The highest BCUT2D eigenvalue weighted by molar-refractivity contribution is 6.30. The number of fused-ring (bicyclic) bond motifs is 1. The van der Waals surface area contributed by atoms with Gasteiger partial charge in [0.25, 0.3) is 0 Å². The fourth-order valence-corrected chi connectivity index (χ4v) is 3.62. The van der Waals surface area contributed by atoms with Crippen molar-refractivity contribution in [2.45, 2.75) is 39.7 Å². The Bertz CT molecular complexity index is 853. The van der Waals surface area contributed by atoms with Crippen molar-refractivity contribution in [2.75, 3.05) is 4.90 Å². The van der Waals surface area contributed by atoms with E-state index in [0.717, 1.165) is 16.7 Å². The standard InChI is InChI=1S/C21H22ClNO3/c1-21(2,3)19(20(25)26)23-17-10-6-14(12-15(17)7-11-18(23)24)13-4-8-16(22)9-5-13/h4-6,8-10,12,19H,7,11H2,1-3H3,(H,25,26). The molecule has 0 aromatic heterocycles. The van der Waals surface area contributed by atoms with Gasteiger partial charge < -0.3 is 5.11 Å². The summed E-state index contributed by atoms with van der Waals surface area (Å²) >= 11 is 5.96. The number of aliphatic carboxylic acids is 1. The van der Waals surface area contributed by atoms with Gasteiger partial charge in [-0.25, -0.2) is 4.79 Å². The van der Waals surface area contributed by atoms with Crippen molar-refractivity contribution in [3.05, 3.63) is 53.1 Å². The summed E-state index contributed by atoms with van der Waals surface area (Å²) in [5.74, 6) is -1.13. The van der Waals surface area contributed by atoms with E-state index in [9.17, 15) is 14.7 Å². The van der Waals surface area contributed by atoms with Gasteiger partial charge in [0.1, 0.15) is 6.04 Å². The van der Waals surface area contributed by atoms with Gasteiger partial charge in [-0.15, -0.1) is 0 Å². The molecule has 0 radical (unpaired) electrons. The summed E-state index contributed by atoms with van der Waals surface area (Å²) in [5.41, 5.74) is 3.17. The summed E-state index contributed by atoms with van der Waals surface area (Å²) in [6.07, 6.45) is 0.930. The Balaban J connectivity index is 2.06. The van der Waals surface area contributed by atoms with Crippen LogP contribution in [0.15, 0.2) is 42.5 Å². The van der Waals surface area contributed by atoms with E-state index < -0.39 is 17.4 Å². The lowest BCUT2D eigenvalue weighted by Gasteiger charge is -2.40. The van der Waals surface area contributed by atoms with Crippen molar-refractivity contribution in [1.29, 1.82) is 0 Å². The molecule has 4 nitrogen and oxygen atoms in total. The number of amides is 1. The molecule has 0 saturated heterocycles. The van der Waals surface area contributed by atoms with Gasteiger partial charge in [0.15, 0.2) is 0 Å². The molecule has 1 N–H and O–H groups in total. The van der Waals surface area contributed by atoms with Gasteiger partial charge in [0, 0.05) is 17.1 Å². The number of hydrogen-bond acceptors (Lipinski definition) is 2. The van der Waals surface area contributed by atoms with Gasteiger partial charge in [0.2, 0.25) is 5.91 Å². The van der Waals surface area contributed by atoms with E-state index in [0.29, 0.717) is 23.6 Å². The number of aryl methyl sites for hydroxylation is 1. The molecular formula is C21H22ClNO3. The number of benzene rings is 2. The molecule has 0 saturated carbocycles. The fourth-order valence-electron chi connectivity index (χ4n) is 3.49. The first-order valence-corrected chi connectivity index (χ1v) is 9.00. The summed E-state index contributed by atoms with van der Waals surface area (Å²) < 4.78 is 0. The Morgan fingerprint density at radius 1 is 1.08 bits per heavy atom. The van der Waals surface area contributed by atoms with E-state index >= 15 is 0 Å².